The molecule has 0 bridgehead atoms. The topological polar surface area (TPSA) is 9.23 Å². The largest absolute Gasteiger partial charge is 0.495 e. The molecule has 0 atom stereocenters. The monoisotopic (exact) mass is 252 g/mol. The zero-order chi connectivity index (χ0) is 8.27. The Hall–Kier alpha value is 0.140. The van der Waals surface area contributed by atoms with Crippen molar-refractivity contribution in [2.75, 3.05) is 7.11 Å². The van der Waals surface area contributed by atoms with Gasteiger partial charge in [0.15, 0.2) is 0 Å². The number of ether oxygens (including phenoxy) is 1. The molecule has 1 aromatic carbocycles. The minimum Gasteiger partial charge on any atom is -0.495 e. The minimum absolute atomic E-state index is 0.636. The number of methoxy groups -OCH3 is 1. The van der Waals surface area contributed by atoms with Crippen LogP contribution in [0.2, 0.25) is 5.02 Å². The average Bonchev–Trinajstić information content (AvgIpc) is 2.04. The highest BCUT2D eigenvalue weighted by Gasteiger charge is 2.00. The molecule has 0 aliphatic carbocycles. The van der Waals surface area contributed by atoms with Crippen molar-refractivity contribution < 1.29 is 4.74 Å². The van der Waals surface area contributed by atoms with E-state index in [4.69, 9.17) is 16.3 Å². The van der Waals surface area contributed by atoms with Gasteiger partial charge < -0.3 is 4.74 Å². The lowest BCUT2D eigenvalue weighted by Crippen LogP contribution is -1.82. The molecule has 0 spiro atoms. The van der Waals surface area contributed by atoms with Gasteiger partial charge in [0.2, 0.25) is 0 Å². The van der Waals surface area contributed by atoms with Gasteiger partial charge in [0.1, 0.15) is 5.75 Å². The third-order valence-corrected chi connectivity index (χ3v) is 3.06. The van der Waals surface area contributed by atoms with Crippen molar-refractivity contribution in [1.29, 1.82) is 0 Å². The van der Waals surface area contributed by atoms with Gasteiger partial charge in [0.25, 0.3) is 0 Å². The smallest absolute Gasteiger partial charge is 0.137 e. The van der Waals surface area contributed by atoms with E-state index in [-0.39, 0.29) is 0 Å². The summed E-state index contributed by atoms with van der Waals surface area (Å²) < 4.78 is 4.99. The summed E-state index contributed by atoms with van der Waals surface area (Å²) in [6, 6.07) is 5.62. The highest BCUT2D eigenvalue weighted by Crippen LogP contribution is 2.31. The quantitative estimate of drug-likeness (QED) is 0.794. The summed E-state index contributed by atoms with van der Waals surface area (Å²) in [6.45, 7) is 0. The number of benzene rings is 1. The SMILES string of the molecule is COc1ccc(SBr)cc1Cl. The zero-order valence-electron chi connectivity index (χ0n) is 5.80. The summed E-state index contributed by atoms with van der Waals surface area (Å²) in [6.07, 6.45) is 0. The van der Waals surface area contributed by atoms with Crippen molar-refractivity contribution in [3.05, 3.63) is 23.2 Å². The fraction of sp³-hybridized carbons (Fsp3) is 0.143. The van der Waals surface area contributed by atoms with E-state index in [9.17, 15) is 0 Å². The van der Waals surface area contributed by atoms with E-state index >= 15 is 0 Å². The third kappa shape index (κ3) is 2.29. The first-order chi connectivity index (χ1) is 5.27. The van der Waals surface area contributed by atoms with Gasteiger partial charge in [0.05, 0.1) is 12.1 Å². The van der Waals surface area contributed by atoms with Crippen LogP contribution in [-0.4, -0.2) is 7.11 Å². The van der Waals surface area contributed by atoms with E-state index < -0.39 is 0 Å². The lowest BCUT2D eigenvalue weighted by molar-refractivity contribution is 0.414. The van der Waals surface area contributed by atoms with Crippen LogP contribution < -0.4 is 4.74 Å². The molecular weight excluding hydrogens is 247 g/mol. The van der Waals surface area contributed by atoms with Crippen LogP contribution in [0.4, 0.5) is 0 Å². The number of halogens is 2. The summed E-state index contributed by atoms with van der Waals surface area (Å²) in [7, 11) is 3.07. The van der Waals surface area contributed by atoms with Crippen LogP contribution in [0.25, 0.3) is 0 Å². The van der Waals surface area contributed by atoms with Crippen molar-refractivity contribution in [3.8, 4) is 5.75 Å². The third-order valence-electron chi connectivity index (χ3n) is 1.21. The van der Waals surface area contributed by atoms with Gasteiger partial charge in [-0.2, -0.15) is 0 Å². The Bertz CT molecular complexity index is 254. The molecule has 60 valence electrons. The summed E-state index contributed by atoms with van der Waals surface area (Å²) in [4.78, 5) is 1.07. The van der Waals surface area contributed by atoms with E-state index in [1.54, 1.807) is 7.11 Å². The van der Waals surface area contributed by atoms with Gasteiger partial charge in [-0.3, -0.25) is 0 Å². The first-order valence-corrected chi connectivity index (χ1v) is 5.94. The van der Waals surface area contributed by atoms with Crippen LogP contribution in [0, 0.1) is 0 Å². The number of hydrogen-bond acceptors (Lipinski definition) is 2. The lowest BCUT2D eigenvalue weighted by Gasteiger charge is -2.02. The van der Waals surface area contributed by atoms with Crippen molar-refractivity contribution in [1.82, 2.24) is 0 Å². The summed E-state index contributed by atoms with van der Waals surface area (Å²) in [5, 5.41) is 0.636. The fourth-order valence-electron chi connectivity index (χ4n) is 0.695. The van der Waals surface area contributed by atoms with Crippen LogP contribution in [-0.2, 0) is 0 Å². The predicted molar refractivity (Wildman–Crippen MR) is 52.8 cm³/mol. The Labute approximate surface area is 82.3 Å². The molecule has 1 rings (SSSR count). The molecule has 11 heavy (non-hydrogen) atoms. The normalized spacial score (nSPS) is 9.73. The minimum atomic E-state index is 0.636. The summed E-state index contributed by atoms with van der Waals surface area (Å²) in [5.41, 5.74) is 0. The molecule has 1 aromatic rings. The molecule has 0 aliphatic heterocycles. The number of hydrogen-bond donors (Lipinski definition) is 0. The Balaban J connectivity index is 2.99. The zero-order valence-corrected chi connectivity index (χ0v) is 8.96. The molecule has 0 unspecified atom stereocenters. The standard InChI is InChI=1S/C7H6BrClOS/c1-10-7-3-2-5(11-8)4-6(7)9/h2-4H,1H3. The van der Waals surface area contributed by atoms with Crippen LogP contribution >= 0.6 is 36.6 Å². The highest BCUT2D eigenvalue weighted by molar-refractivity contribution is 9.50. The van der Waals surface area contributed by atoms with E-state index in [2.05, 4.69) is 14.8 Å². The van der Waals surface area contributed by atoms with Crippen LogP contribution in [0.15, 0.2) is 23.1 Å². The fourth-order valence-corrected chi connectivity index (χ4v) is 1.90. The molecule has 0 aliphatic rings. The first-order valence-electron chi connectivity index (χ1n) is 2.90. The second-order valence-electron chi connectivity index (χ2n) is 1.87. The van der Waals surface area contributed by atoms with Gasteiger partial charge in [-0.15, -0.1) is 0 Å². The molecule has 0 radical (unpaired) electrons. The molecule has 0 amide bonds. The molecule has 0 fully saturated rings. The van der Waals surface area contributed by atoms with Gasteiger partial charge >= 0.3 is 0 Å². The molecule has 0 N–H and O–H groups in total. The average molecular weight is 254 g/mol. The Morgan fingerprint density at radius 1 is 1.55 bits per heavy atom. The summed E-state index contributed by atoms with van der Waals surface area (Å²) in [5.74, 6) is 0.706. The van der Waals surface area contributed by atoms with Crippen LogP contribution in [0.5, 0.6) is 5.75 Å². The van der Waals surface area contributed by atoms with E-state index in [0.29, 0.717) is 10.8 Å². The van der Waals surface area contributed by atoms with E-state index in [1.165, 1.54) is 10.2 Å². The second-order valence-corrected chi connectivity index (χ2v) is 3.88. The first kappa shape index (κ1) is 9.23. The summed E-state index contributed by atoms with van der Waals surface area (Å²) >= 11 is 9.10. The molecular formula is C7H6BrClOS. The van der Waals surface area contributed by atoms with Crippen LogP contribution in [0.3, 0.4) is 0 Å². The van der Waals surface area contributed by atoms with E-state index in [0.717, 1.165) is 4.90 Å². The Morgan fingerprint density at radius 3 is 2.73 bits per heavy atom. The Morgan fingerprint density at radius 2 is 2.27 bits per heavy atom. The van der Waals surface area contributed by atoms with Crippen LogP contribution in [0.1, 0.15) is 0 Å². The molecule has 0 aromatic heterocycles. The molecule has 1 nitrogen and oxygen atoms in total. The van der Waals surface area contributed by atoms with Crippen molar-refractivity contribution >= 4 is 36.6 Å². The maximum Gasteiger partial charge on any atom is 0.137 e. The molecule has 0 saturated carbocycles. The van der Waals surface area contributed by atoms with Gasteiger partial charge in [-0.05, 0) is 43.2 Å². The maximum absolute atomic E-state index is 5.85. The van der Waals surface area contributed by atoms with Gasteiger partial charge in [0, 0.05) is 4.90 Å². The van der Waals surface area contributed by atoms with Crippen molar-refractivity contribution in [2.45, 2.75) is 4.90 Å². The van der Waals surface area contributed by atoms with Gasteiger partial charge in [-0.25, -0.2) is 0 Å². The second kappa shape index (κ2) is 4.24. The highest BCUT2D eigenvalue weighted by atomic mass is 79.9. The number of rotatable bonds is 2. The lowest BCUT2D eigenvalue weighted by atomic mass is 10.3. The predicted octanol–water partition coefficient (Wildman–Crippen LogP) is 3.75. The molecule has 0 heterocycles. The van der Waals surface area contributed by atoms with Crippen molar-refractivity contribution in [2.24, 2.45) is 0 Å². The molecule has 4 heteroatoms. The molecule has 0 saturated heterocycles. The van der Waals surface area contributed by atoms with E-state index in [1.807, 2.05) is 18.2 Å². The Kier molecular flexibility index (Phi) is 3.55. The maximum atomic E-state index is 5.85. The van der Waals surface area contributed by atoms with Crippen molar-refractivity contribution in [3.63, 3.8) is 0 Å². The van der Waals surface area contributed by atoms with Gasteiger partial charge in [-0.1, -0.05) is 11.6 Å².